The van der Waals surface area contributed by atoms with E-state index in [-0.39, 0.29) is 37.3 Å². The van der Waals surface area contributed by atoms with Gasteiger partial charge in [0.1, 0.15) is 24.4 Å². The Kier molecular flexibility index (Phi) is 6.83. The maximum Gasteiger partial charge on any atom is 0.310 e. The number of aliphatic hydroxyl groups excluding tert-OH is 2. The molecule has 6 unspecified atom stereocenters. The number of benzene rings is 2. The van der Waals surface area contributed by atoms with E-state index in [1.807, 2.05) is 0 Å². The molecule has 4 aliphatic heterocycles. The Balaban J connectivity index is 1.32. The van der Waals surface area contributed by atoms with Gasteiger partial charge in [0, 0.05) is 11.8 Å². The van der Waals surface area contributed by atoms with Crippen LogP contribution in [0.15, 0.2) is 24.3 Å². The Morgan fingerprint density at radius 2 is 1.57 bits per heavy atom. The van der Waals surface area contributed by atoms with Crippen molar-refractivity contribution in [2.45, 2.75) is 55.9 Å². The quantitative estimate of drug-likeness (QED) is 0.430. The molecule has 5 aliphatic rings. The van der Waals surface area contributed by atoms with Gasteiger partial charge in [0.05, 0.1) is 39.5 Å². The maximum atomic E-state index is 13.4. The van der Waals surface area contributed by atoms with Gasteiger partial charge in [0.25, 0.3) is 0 Å². The van der Waals surface area contributed by atoms with Gasteiger partial charge in [0.15, 0.2) is 35.6 Å². The second-order valence-electron chi connectivity index (χ2n) is 11.0. The van der Waals surface area contributed by atoms with Crippen LogP contribution in [-0.2, 0) is 28.5 Å². The van der Waals surface area contributed by atoms with Crippen LogP contribution in [-0.4, -0.2) is 92.5 Å². The molecule has 7 rings (SSSR count). The summed E-state index contributed by atoms with van der Waals surface area (Å²) in [6.45, 7) is 1.93. The maximum absolute atomic E-state index is 13.4. The molecule has 3 N–H and O–H groups in total. The number of rotatable bonds is 5. The van der Waals surface area contributed by atoms with Crippen LogP contribution in [0.1, 0.15) is 35.6 Å². The molecule has 0 bridgehead atoms. The molecule has 226 valence electrons. The molecule has 0 amide bonds. The van der Waals surface area contributed by atoms with Crippen LogP contribution in [0, 0.1) is 11.8 Å². The highest BCUT2D eigenvalue weighted by molar-refractivity contribution is 5.79. The van der Waals surface area contributed by atoms with E-state index in [1.165, 1.54) is 14.2 Å². The molecule has 1 aliphatic carbocycles. The van der Waals surface area contributed by atoms with Crippen molar-refractivity contribution in [3.05, 3.63) is 41.0 Å². The van der Waals surface area contributed by atoms with Gasteiger partial charge in [-0.2, -0.15) is 0 Å². The Bertz CT molecular complexity index is 1350. The number of aliphatic hydroxyl groups is 2. The summed E-state index contributed by atoms with van der Waals surface area (Å²) < 4.78 is 51.5. The van der Waals surface area contributed by atoms with Gasteiger partial charge < -0.3 is 58.0 Å². The number of hydrogen-bond acceptors (Lipinski definition) is 13. The molecule has 0 saturated carbocycles. The molecule has 4 heterocycles. The van der Waals surface area contributed by atoms with Gasteiger partial charge in [-0.1, -0.05) is 0 Å². The number of carbonyl (C=O) groups is 1. The van der Waals surface area contributed by atoms with Crippen molar-refractivity contribution in [3.8, 4) is 28.7 Å². The fraction of sp³-hybridized carbons (Fsp3) is 0.552. The standard InChI is InChI=1S/C29H32O13/c1-11-36-9-20-27(40-11)24(31)25(32)29(41-20)42-26-14-7-17-16(38-10-39-17)6-13(14)21(22-15(26)8-37-28(22)33)12-4-18(34-2)23(30)19(5-12)35-3/h4-7,11,15,20-22,24-27,29-32H,8-10H2,1-3H3/t11-,15+,20?,21-,22?,24?,25-,26?,27?,29?/m1/s1. The highest BCUT2D eigenvalue weighted by atomic mass is 16.8. The van der Waals surface area contributed by atoms with Crippen molar-refractivity contribution in [1.82, 2.24) is 0 Å². The first-order valence-corrected chi connectivity index (χ1v) is 13.8. The van der Waals surface area contributed by atoms with Crippen LogP contribution in [0.2, 0.25) is 0 Å². The van der Waals surface area contributed by atoms with Crippen molar-refractivity contribution < 1.29 is 62.7 Å². The van der Waals surface area contributed by atoms with Gasteiger partial charge in [-0.15, -0.1) is 0 Å². The normalized spacial score (nSPS) is 36.5. The van der Waals surface area contributed by atoms with Crippen molar-refractivity contribution in [1.29, 1.82) is 0 Å². The molecular formula is C29H32O13. The van der Waals surface area contributed by atoms with Crippen molar-refractivity contribution in [3.63, 3.8) is 0 Å². The molecular weight excluding hydrogens is 556 g/mol. The zero-order valence-corrected chi connectivity index (χ0v) is 23.1. The average molecular weight is 589 g/mol. The van der Waals surface area contributed by atoms with Crippen LogP contribution >= 0.6 is 0 Å². The number of hydrogen-bond donors (Lipinski definition) is 3. The van der Waals surface area contributed by atoms with Gasteiger partial charge in [-0.05, 0) is 47.9 Å². The van der Waals surface area contributed by atoms with E-state index < -0.39 is 66.8 Å². The Morgan fingerprint density at radius 1 is 0.881 bits per heavy atom. The fourth-order valence-corrected chi connectivity index (χ4v) is 6.74. The van der Waals surface area contributed by atoms with E-state index in [2.05, 4.69) is 0 Å². The van der Waals surface area contributed by atoms with Crippen LogP contribution in [0.25, 0.3) is 0 Å². The molecule has 3 fully saturated rings. The van der Waals surface area contributed by atoms with Crippen LogP contribution in [0.3, 0.4) is 0 Å². The number of methoxy groups -OCH3 is 2. The summed E-state index contributed by atoms with van der Waals surface area (Å²) >= 11 is 0. The molecule has 3 saturated heterocycles. The first-order valence-electron chi connectivity index (χ1n) is 13.8. The van der Waals surface area contributed by atoms with Crippen molar-refractivity contribution >= 4 is 5.97 Å². The first-order chi connectivity index (χ1) is 20.3. The minimum absolute atomic E-state index is 0.0301. The predicted molar refractivity (Wildman–Crippen MR) is 138 cm³/mol. The predicted octanol–water partition coefficient (Wildman–Crippen LogP) is 1.34. The molecule has 0 aromatic heterocycles. The average Bonchev–Trinajstić information content (AvgIpc) is 3.61. The smallest absolute Gasteiger partial charge is 0.310 e. The summed E-state index contributed by atoms with van der Waals surface area (Å²) in [6, 6.07) is 6.93. The summed E-state index contributed by atoms with van der Waals surface area (Å²) in [6.07, 6.45) is -6.80. The summed E-state index contributed by atoms with van der Waals surface area (Å²) in [4.78, 5) is 13.4. The van der Waals surface area contributed by atoms with E-state index in [0.29, 0.717) is 28.2 Å². The number of phenols is 1. The summed E-state index contributed by atoms with van der Waals surface area (Å²) in [7, 11) is 2.86. The lowest BCUT2D eigenvalue weighted by atomic mass is 9.66. The Morgan fingerprint density at radius 3 is 2.26 bits per heavy atom. The van der Waals surface area contributed by atoms with Crippen molar-refractivity contribution in [2.24, 2.45) is 11.8 Å². The number of aromatic hydroxyl groups is 1. The molecule has 13 heteroatoms. The molecule has 13 nitrogen and oxygen atoms in total. The lowest BCUT2D eigenvalue weighted by Gasteiger charge is -2.47. The zero-order valence-electron chi connectivity index (χ0n) is 23.1. The topological polar surface area (TPSA) is 161 Å². The largest absolute Gasteiger partial charge is 0.502 e. The molecule has 2 aromatic carbocycles. The lowest BCUT2D eigenvalue weighted by molar-refractivity contribution is -0.364. The number of fused-ring (bicyclic) bond motifs is 4. The van der Waals surface area contributed by atoms with Crippen molar-refractivity contribution in [2.75, 3.05) is 34.2 Å². The van der Waals surface area contributed by atoms with Crippen LogP contribution in [0.4, 0.5) is 0 Å². The zero-order chi connectivity index (χ0) is 29.3. The van der Waals surface area contributed by atoms with E-state index in [0.717, 1.165) is 0 Å². The lowest BCUT2D eigenvalue weighted by Crippen LogP contribution is -2.63. The second kappa shape index (κ2) is 10.4. The highest BCUT2D eigenvalue weighted by Gasteiger charge is 2.56. The second-order valence-corrected chi connectivity index (χ2v) is 11.0. The summed E-state index contributed by atoms with van der Waals surface area (Å²) in [5.41, 5.74) is 2.01. The monoisotopic (exact) mass is 588 g/mol. The minimum atomic E-state index is -1.44. The van der Waals surface area contributed by atoms with Gasteiger partial charge >= 0.3 is 5.97 Å². The fourth-order valence-electron chi connectivity index (χ4n) is 6.74. The Hall–Kier alpha value is -3.33. The molecule has 0 radical (unpaired) electrons. The third-order valence-corrected chi connectivity index (χ3v) is 8.75. The van der Waals surface area contributed by atoms with E-state index in [1.54, 1.807) is 31.2 Å². The van der Waals surface area contributed by atoms with Gasteiger partial charge in [-0.3, -0.25) is 4.79 Å². The number of esters is 1. The van der Waals surface area contributed by atoms with Gasteiger partial charge in [-0.25, -0.2) is 0 Å². The van der Waals surface area contributed by atoms with Crippen LogP contribution < -0.4 is 18.9 Å². The number of carbonyl (C=O) groups excluding carboxylic acids is 1. The first kappa shape index (κ1) is 27.5. The van der Waals surface area contributed by atoms with Crippen LogP contribution in [0.5, 0.6) is 28.7 Å². The Labute approximate surface area is 240 Å². The van der Waals surface area contributed by atoms with E-state index in [9.17, 15) is 20.1 Å². The van der Waals surface area contributed by atoms with E-state index in [4.69, 9.17) is 42.6 Å². The van der Waals surface area contributed by atoms with Gasteiger partial charge in [0.2, 0.25) is 12.5 Å². The van der Waals surface area contributed by atoms with E-state index >= 15 is 0 Å². The third kappa shape index (κ3) is 4.26. The SMILES string of the molecule is COc1cc([C@@H]2c3cc4c(cc3C(OC3OC5CO[C@@H](C)OC5C(O)[C@H]3O)[C@H]3COC(=O)C23)OCO4)cc(OC)c1O. The summed E-state index contributed by atoms with van der Waals surface area (Å²) in [5.74, 6) is -1.02. The molecule has 10 atom stereocenters. The molecule has 2 aromatic rings. The third-order valence-electron chi connectivity index (χ3n) is 8.75. The molecule has 0 spiro atoms. The number of phenolic OH excluding ortho intramolecular Hbond substituents is 1. The molecule has 42 heavy (non-hydrogen) atoms. The number of cyclic esters (lactones) is 1. The minimum Gasteiger partial charge on any atom is -0.502 e. The summed E-state index contributed by atoms with van der Waals surface area (Å²) in [5, 5.41) is 32.5. The highest BCUT2D eigenvalue weighted by Crippen LogP contribution is 2.57. The number of ether oxygens (including phenoxy) is 9.